The predicted molar refractivity (Wildman–Crippen MR) is 108 cm³/mol. The van der Waals surface area contributed by atoms with E-state index in [1.807, 2.05) is 31.2 Å². The van der Waals surface area contributed by atoms with E-state index in [9.17, 15) is 4.79 Å². The van der Waals surface area contributed by atoms with Gasteiger partial charge in [-0.25, -0.2) is 0 Å². The number of benzene rings is 1. The largest absolute Gasteiger partial charge is 0.368 e. The number of nitrogens with zero attached hydrogens (tertiary/aromatic N) is 4. The summed E-state index contributed by atoms with van der Waals surface area (Å²) in [5, 5.41) is 6.20. The van der Waals surface area contributed by atoms with Crippen molar-refractivity contribution in [2.45, 2.75) is 38.8 Å². The second-order valence-corrected chi connectivity index (χ2v) is 8.00. The number of carbonyl (C=O) groups is 1. The zero-order valence-electron chi connectivity index (χ0n) is 16.4. The maximum absolute atomic E-state index is 11.6. The van der Waals surface area contributed by atoms with Crippen LogP contribution in [0.5, 0.6) is 0 Å². The van der Waals surface area contributed by atoms with Gasteiger partial charge in [0.05, 0.1) is 6.54 Å². The van der Waals surface area contributed by atoms with Crippen LogP contribution in [-0.2, 0) is 11.3 Å². The molecule has 8 heteroatoms. The van der Waals surface area contributed by atoms with Crippen LogP contribution in [-0.4, -0.2) is 45.4 Å². The molecule has 1 saturated carbocycles. The minimum atomic E-state index is 0.182. The average Bonchev–Trinajstić information content (AvgIpc) is 3.04. The molecule has 28 heavy (non-hydrogen) atoms. The first-order chi connectivity index (χ1) is 13.5. The number of nitrogens with two attached hydrogens (primary N) is 1. The first kappa shape index (κ1) is 18.6. The number of amides is 1. The summed E-state index contributed by atoms with van der Waals surface area (Å²) < 4.78 is 0. The summed E-state index contributed by atoms with van der Waals surface area (Å²) in [5.74, 6) is 2.56. The van der Waals surface area contributed by atoms with E-state index >= 15 is 0 Å². The van der Waals surface area contributed by atoms with Gasteiger partial charge in [0, 0.05) is 24.7 Å². The molecule has 0 bridgehead atoms. The Labute approximate surface area is 165 Å². The molecule has 1 saturated heterocycles. The quantitative estimate of drug-likeness (QED) is 0.725. The number of nitrogens with one attached hydrogen (secondary N) is 2. The molecule has 148 valence electrons. The molecule has 1 aliphatic carbocycles. The molecule has 0 spiro atoms. The van der Waals surface area contributed by atoms with Crippen LogP contribution in [0, 0.1) is 18.8 Å². The van der Waals surface area contributed by atoms with Gasteiger partial charge in [-0.05, 0) is 56.3 Å². The molecular weight excluding hydrogens is 354 g/mol. The molecule has 1 aliphatic heterocycles. The fourth-order valence-corrected chi connectivity index (χ4v) is 4.36. The first-order valence-electron chi connectivity index (χ1n) is 9.77. The highest BCUT2D eigenvalue weighted by molar-refractivity contribution is 5.77. The predicted octanol–water partition coefficient (Wildman–Crippen LogP) is 1.85. The lowest BCUT2D eigenvalue weighted by Crippen LogP contribution is -2.38. The van der Waals surface area contributed by atoms with Crippen LogP contribution in [0.3, 0.4) is 0 Å². The molecule has 2 aromatic rings. The van der Waals surface area contributed by atoms with Crippen LogP contribution >= 0.6 is 0 Å². The lowest BCUT2D eigenvalue weighted by molar-refractivity contribution is -0.124. The van der Waals surface area contributed by atoms with Crippen molar-refractivity contribution in [1.29, 1.82) is 0 Å². The van der Waals surface area contributed by atoms with Gasteiger partial charge in [0.1, 0.15) is 5.82 Å². The lowest BCUT2D eigenvalue weighted by Gasteiger charge is -2.24. The SMILES string of the molecule is Cc1cccc(Nc2nc(N)nc(CN(C)[C@H]3C[C@H]4CNC(=O)C[C@H]4C3)n2)c1. The number of hydrogen-bond donors (Lipinski definition) is 3. The van der Waals surface area contributed by atoms with Gasteiger partial charge < -0.3 is 16.4 Å². The van der Waals surface area contributed by atoms with Crippen molar-refractivity contribution in [2.24, 2.45) is 11.8 Å². The summed E-state index contributed by atoms with van der Waals surface area (Å²) in [6, 6.07) is 8.44. The Kier molecular flexibility index (Phi) is 5.13. The maximum Gasteiger partial charge on any atom is 0.232 e. The molecule has 2 fully saturated rings. The summed E-state index contributed by atoms with van der Waals surface area (Å²) in [6.07, 6.45) is 2.79. The Morgan fingerprint density at radius 3 is 2.89 bits per heavy atom. The number of fused-ring (bicyclic) bond motifs is 1. The second-order valence-electron chi connectivity index (χ2n) is 8.00. The topological polar surface area (TPSA) is 109 Å². The number of carbonyl (C=O) groups excluding carboxylic acids is 1. The van der Waals surface area contributed by atoms with Gasteiger partial charge >= 0.3 is 0 Å². The molecule has 2 aliphatic rings. The normalized spacial score (nSPS) is 24.1. The number of hydrogen-bond acceptors (Lipinski definition) is 7. The van der Waals surface area contributed by atoms with Crippen molar-refractivity contribution in [1.82, 2.24) is 25.2 Å². The van der Waals surface area contributed by atoms with Crippen LogP contribution in [0.1, 0.15) is 30.7 Å². The summed E-state index contributed by atoms with van der Waals surface area (Å²) in [4.78, 5) is 27.0. The molecule has 3 atom stereocenters. The average molecular weight is 381 g/mol. The number of nitrogen functional groups attached to an aromatic ring is 1. The minimum Gasteiger partial charge on any atom is -0.368 e. The molecule has 1 aromatic heterocycles. The third kappa shape index (κ3) is 4.22. The van der Waals surface area contributed by atoms with Crippen LogP contribution in [0.2, 0.25) is 0 Å². The Bertz CT molecular complexity index is 871. The highest BCUT2D eigenvalue weighted by atomic mass is 16.1. The molecule has 8 nitrogen and oxygen atoms in total. The van der Waals surface area contributed by atoms with E-state index in [0.717, 1.165) is 30.6 Å². The van der Waals surface area contributed by atoms with Crippen molar-refractivity contribution in [2.75, 3.05) is 24.6 Å². The fourth-order valence-electron chi connectivity index (χ4n) is 4.36. The third-order valence-corrected chi connectivity index (χ3v) is 5.81. The zero-order valence-corrected chi connectivity index (χ0v) is 16.4. The van der Waals surface area contributed by atoms with Gasteiger partial charge in [0.2, 0.25) is 17.8 Å². The van der Waals surface area contributed by atoms with Crippen LogP contribution in [0.25, 0.3) is 0 Å². The van der Waals surface area contributed by atoms with Gasteiger partial charge in [-0.1, -0.05) is 12.1 Å². The smallest absolute Gasteiger partial charge is 0.232 e. The number of aromatic nitrogens is 3. The van der Waals surface area contributed by atoms with E-state index < -0.39 is 0 Å². The zero-order chi connectivity index (χ0) is 19.7. The molecule has 4 rings (SSSR count). The summed E-state index contributed by atoms with van der Waals surface area (Å²) in [5.41, 5.74) is 7.99. The van der Waals surface area contributed by atoms with E-state index in [1.165, 1.54) is 0 Å². The summed E-state index contributed by atoms with van der Waals surface area (Å²) in [7, 11) is 2.09. The number of aryl methyl sites for hydroxylation is 1. The van der Waals surface area contributed by atoms with Gasteiger partial charge in [0.25, 0.3) is 0 Å². The Morgan fingerprint density at radius 1 is 1.25 bits per heavy atom. The van der Waals surface area contributed by atoms with Gasteiger partial charge in [-0.3, -0.25) is 9.69 Å². The molecule has 1 amide bonds. The molecule has 0 unspecified atom stereocenters. The minimum absolute atomic E-state index is 0.182. The molecule has 2 heterocycles. The van der Waals surface area contributed by atoms with Gasteiger partial charge in [-0.15, -0.1) is 0 Å². The second kappa shape index (κ2) is 7.71. The van der Waals surface area contributed by atoms with E-state index in [2.05, 4.69) is 37.5 Å². The van der Waals surface area contributed by atoms with Gasteiger partial charge in [0.15, 0.2) is 0 Å². The van der Waals surface area contributed by atoms with E-state index in [1.54, 1.807) is 0 Å². The van der Waals surface area contributed by atoms with E-state index in [-0.39, 0.29) is 11.9 Å². The van der Waals surface area contributed by atoms with Crippen molar-refractivity contribution in [3.63, 3.8) is 0 Å². The Balaban J connectivity index is 1.43. The fraction of sp³-hybridized carbons (Fsp3) is 0.500. The third-order valence-electron chi connectivity index (χ3n) is 5.81. The molecule has 0 radical (unpaired) electrons. The lowest BCUT2D eigenvalue weighted by atomic mass is 9.89. The summed E-state index contributed by atoms with van der Waals surface area (Å²) in [6.45, 7) is 3.44. The Morgan fingerprint density at radius 2 is 2.07 bits per heavy atom. The first-order valence-corrected chi connectivity index (χ1v) is 9.77. The number of piperidine rings is 1. The van der Waals surface area contributed by atoms with Crippen LogP contribution in [0.4, 0.5) is 17.6 Å². The summed E-state index contributed by atoms with van der Waals surface area (Å²) >= 11 is 0. The highest BCUT2D eigenvalue weighted by Crippen LogP contribution is 2.38. The standard InChI is InChI=1S/C20H27N7O/c1-12-4-3-5-15(6-12)23-20-25-17(24-19(21)26-20)11-27(2)16-7-13-9-18(28)22-10-14(13)8-16/h3-6,13-14,16H,7-11H2,1-2H3,(H,22,28)(H3,21,23,24,25,26)/t13-,14+,16-/m1/s1. The Hall–Kier alpha value is -2.74. The monoisotopic (exact) mass is 381 g/mol. The maximum atomic E-state index is 11.6. The van der Waals surface area contributed by atoms with Crippen LogP contribution < -0.4 is 16.4 Å². The highest BCUT2D eigenvalue weighted by Gasteiger charge is 2.39. The van der Waals surface area contributed by atoms with Crippen molar-refractivity contribution in [3.8, 4) is 0 Å². The molecule has 1 aromatic carbocycles. The van der Waals surface area contributed by atoms with Crippen LogP contribution in [0.15, 0.2) is 24.3 Å². The van der Waals surface area contributed by atoms with E-state index in [4.69, 9.17) is 5.73 Å². The van der Waals surface area contributed by atoms with Crippen molar-refractivity contribution < 1.29 is 4.79 Å². The van der Waals surface area contributed by atoms with Crippen molar-refractivity contribution in [3.05, 3.63) is 35.7 Å². The van der Waals surface area contributed by atoms with Gasteiger partial charge in [-0.2, -0.15) is 15.0 Å². The molecular formula is C20H27N7O. The van der Waals surface area contributed by atoms with E-state index in [0.29, 0.717) is 42.6 Å². The van der Waals surface area contributed by atoms with Crippen molar-refractivity contribution >= 4 is 23.5 Å². The number of rotatable bonds is 5. The molecule has 4 N–H and O–H groups in total. The number of anilines is 3.